The molecule has 1 aliphatic heterocycles. The van der Waals surface area contributed by atoms with E-state index in [2.05, 4.69) is 0 Å². The van der Waals surface area contributed by atoms with E-state index in [1.165, 1.54) is 7.11 Å². The fourth-order valence-corrected chi connectivity index (χ4v) is 4.35. The van der Waals surface area contributed by atoms with Gasteiger partial charge in [0.1, 0.15) is 0 Å². The van der Waals surface area contributed by atoms with Crippen molar-refractivity contribution in [2.75, 3.05) is 20.2 Å². The van der Waals surface area contributed by atoms with Gasteiger partial charge in [-0.3, -0.25) is 9.59 Å². The maximum Gasteiger partial charge on any atom is 0.311 e. The van der Waals surface area contributed by atoms with Crippen LogP contribution < -0.4 is 0 Å². The molecular weight excluding hydrogens is 362 g/mol. The predicted octanol–water partition coefficient (Wildman–Crippen LogP) is 3.79. The van der Waals surface area contributed by atoms with Crippen molar-refractivity contribution in [1.29, 1.82) is 0 Å². The van der Waals surface area contributed by atoms with Gasteiger partial charge in [0.25, 0.3) is 0 Å². The zero-order valence-corrected chi connectivity index (χ0v) is 16.0. The summed E-state index contributed by atoms with van der Waals surface area (Å²) in [4.78, 5) is 27.6. The Labute approximate surface area is 164 Å². The maximum atomic E-state index is 13.4. The third-order valence-corrected chi connectivity index (χ3v) is 6.15. The molecule has 2 aliphatic rings. The van der Waals surface area contributed by atoms with Crippen LogP contribution in [0.1, 0.15) is 29.9 Å². The highest BCUT2D eigenvalue weighted by molar-refractivity contribution is 6.30. The topological polar surface area (TPSA) is 46.6 Å². The molecule has 1 heterocycles. The second kappa shape index (κ2) is 7.01. The molecule has 4 rings (SSSR count). The van der Waals surface area contributed by atoms with Crippen LogP contribution >= 0.6 is 11.6 Å². The summed E-state index contributed by atoms with van der Waals surface area (Å²) in [6.07, 6.45) is 1.67. The molecule has 2 aromatic rings. The van der Waals surface area contributed by atoms with Crippen LogP contribution in [0.3, 0.4) is 0 Å². The molecule has 2 atom stereocenters. The number of hydrogen-bond acceptors (Lipinski definition) is 3. The van der Waals surface area contributed by atoms with Crippen LogP contribution in [0.4, 0.5) is 0 Å². The van der Waals surface area contributed by atoms with E-state index < -0.39 is 5.41 Å². The molecule has 5 heteroatoms. The minimum Gasteiger partial charge on any atom is -0.469 e. The van der Waals surface area contributed by atoms with Gasteiger partial charge in [0.05, 0.1) is 18.4 Å². The second-order valence-electron chi connectivity index (χ2n) is 7.45. The summed E-state index contributed by atoms with van der Waals surface area (Å²) in [6, 6.07) is 17.5. The highest BCUT2D eigenvalue weighted by atomic mass is 35.5. The van der Waals surface area contributed by atoms with E-state index in [0.717, 1.165) is 24.0 Å². The monoisotopic (exact) mass is 383 g/mol. The van der Waals surface area contributed by atoms with E-state index in [4.69, 9.17) is 16.3 Å². The van der Waals surface area contributed by atoms with E-state index in [1.807, 2.05) is 59.5 Å². The van der Waals surface area contributed by atoms with Gasteiger partial charge in [0.15, 0.2) is 0 Å². The number of benzene rings is 2. The average molecular weight is 384 g/mol. The average Bonchev–Trinajstić information content (AvgIpc) is 3.39. The van der Waals surface area contributed by atoms with Gasteiger partial charge >= 0.3 is 5.97 Å². The quantitative estimate of drug-likeness (QED) is 0.755. The lowest BCUT2D eigenvalue weighted by molar-refractivity contribution is -0.145. The van der Waals surface area contributed by atoms with Crippen LogP contribution in [-0.2, 0) is 19.7 Å². The Balaban J connectivity index is 1.60. The Morgan fingerprint density at radius 3 is 2.30 bits per heavy atom. The third-order valence-electron chi connectivity index (χ3n) is 5.89. The predicted molar refractivity (Wildman–Crippen MR) is 104 cm³/mol. The SMILES string of the molecule is COC(=O)C1CN(C(=O)C2(c3ccc(Cl)cc3)CC2)CC1c1ccccc1. The smallest absolute Gasteiger partial charge is 0.311 e. The summed E-state index contributed by atoms with van der Waals surface area (Å²) >= 11 is 6.00. The van der Waals surface area contributed by atoms with Crippen molar-refractivity contribution in [1.82, 2.24) is 4.90 Å². The summed E-state index contributed by atoms with van der Waals surface area (Å²) in [6.45, 7) is 0.943. The van der Waals surface area contributed by atoms with E-state index >= 15 is 0 Å². The first-order chi connectivity index (χ1) is 13.0. The van der Waals surface area contributed by atoms with Crippen LogP contribution in [0.2, 0.25) is 5.02 Å². The number of halogens is 1. The number of nitrogens with zero attached hydrogens (tertiary/aromatic N) is 1. The molecule has 0 radical (unpaired) electrons. The van der Waals surface area contributed by atoms with E-state index in [-0.39, 0.29) is 23.7 Å². The van der Waals surface area contributed by atoms with Crippen LogP contribution in [0, 0.1) is 5.92 Å². The molecule has 27 heavy (non-hydrogen) atoms. The van der Waals surface area contributed by atoms with E-state index in [9.17, 15) is 9.59 Å². The summed E-state index contributed by atoms with van der Waals surface area (Å²) in [5, 5.41) is 0.665. The lowest BCUT2D eigenvalue weighted by Crippen LogP contribution is -2.38. The zero-order valence-electron chi connectivity index (χ0n) is 15.2. The molecule has 2 unspecified atom stereocenters. The van der Waals surface area contributed by atoms with Crippen molar-refractivity contribution in [2.45, 2.75) is 24.2 Å². The first kappa shape index (κ1) is 18.1. The number of rotatable bonds is 4. The van der Waals surface area contributed by atoms with Crippen molar-refractivity contribution >= 4 is 23.5 Å². The van der Waals surface area contributed by atoms with Crippen LogP contribution in [0.25, 0.3) is 0 Å². The summed E-state index contributed by atoms with van der Waals surface area (Å²) in [5.41, 5.74) is 1.62. The lowest BCUT2D eigenvalue weighted by atomic mass is 9.89. The van der Waals surface area contributed by atoms with Crippen molar-refractivity contribution in [3.63, 3.8) is 0 Å². The molecule has 2 aromatic carbocycles. The van der Waals surface area contributed by atoms with Crippen LogP contribution in [-0.4, -0.2) is 37.0 Å². The molecule has 1 saturated heterocycles. The molecule has 2 fully saturated rings. The Hall–Kier alpha value is -2.33. The molecule has 140 valence electrons. The summed E-state index contributed by atoms with van der Waals surface area (Å²) in [5.74, 6) is -0.515. The van der Waals surface area contributed by atoms with Crippen molar-refractivity contribution in [3.05, 3.63) is 70.7 Å². The molecule has 0 aromatic heterocycles. The molecule has 0 bridgehead atoms. The number of esters is 1. The first-order valence-electron chi connectivity index (χ1n) is 9.23. The fourth-order valence-electron chi connectivity index (χ4n) is 4.22. The number of likely N-dealkylation sites (tertiary alicyclic amines) is 1. The minimum atomic E-state index is -0.461. The number of carbonyl (C=O) groups excluding carboxylic acids is 2. The normalized spacial score (nSPS) is 23.1. The van der Waals surface area contributed by atoms with Gasteiger partial charge in [-0.05, 0) is 36.1 Å². The Bertz CT molecular complexity index is 846. The molecule has 0 spiro atoms. The van der Waals surface area contributed by atoms with Crippen molar-refractivity contribution < 1.29 is 14.3 Å². The molecule has 0 N–H and O–H groups in total. The number of amides is 1. The fraction of sp³-hybridized carbons (Fsp3) is 0.364. The largest absolute Gasteiger partial charge is 0.469 e. The van der Waals surface area contributed by atoms with Gasteiger partial charge < -0.3 is 9.64 Å². The zero-order chi connectivity index (χ0) is 19.0. The van der Waals surface area contributed by atoms with Gasteiger partial charge in [0.2, 0.25) is 5.91 Å². The minimum absolute atomic E-state index is 0.0383. The van der Waals surface area contributed by atoms with E-state index in [0.29, 0.717) is 18.1 Å². The summed E-state index contributed by atoms with van der Waals surface area (Å²) in [7, 11) is 1.41. The number of hydrogen-bond donors (Lipinski definition) is 0. The van der Waals surface area contributed by atoms with Crippen LogP contribution in [0.5, 0.6) is 0 Å². The maximum absolute atomic E-state index is 13.4. The number of ether oxygens (including phenoxy) is 1. The Kier molecular flexibility index (Phi) is 4.68. The van der Waals surface area contributed by atoms with Crippen molar-refractivity contribution in [2.24, 2.45) is 5.92 Å². The highest BCUT2D eigenvalue weighted by Crippen LogP contribution is 2.51. The first-order valence-corrected chi connectivity index (χ1v) is 9.61. The van der Waals surface area contributed by atoms with Gasteiger partial charge in [-0.2, -0.15) is 0 Å². The second-order valence-corrected chi connectivity index (χ2v) is 7.88. The van der Waals surface area contributed by atoms with Gasteiger partial charge in [0, 0.05) is 24.0 Å². The van der Waals surface area contributed by atoms with Gasteiger partial charge in [-0.25, -0.2) is 0 Å². The van der Waals surface area contributed by atoms with Crippen molar-refractivity contribution in [3.8, 4) is 0 Å². The van der Waals surface area contributed by atoms with E-state index in [1.54, 1.807) is 0 Å². The van der Waals surface area contributed by atoms with Gasteiger partial charge in [-0.1, -0.05) is 54.1 Å². The number of methoxy groups -OCH3 is 1. The molecule has 1 amide bonds. The number of carbonyl (C=O) groups is 2. The molecule has 4 nitrogen and oxygen atoms in total. The molecule has 1 saturated carbocycles. The third kappa shape index (κ3) is 3.23. The molecule has 1 aliphatic carbocycles. The standard InChI is InChI=1S/C22H22ClNO3/c1-27-20(25)19-14-24(13-18(19)15-5-3-2-4-6-15)21(26)22(11-12-22)16-7-9-17(23)10-8-16/h2-10,18-19H,11-14H2,1H3. The van der Waals surface area contributed by atoms with Gasteiger partial charge in [-0.15, -0.1) is 0 Å². The Morgan fingerprint density at radius 2 is 1.70 bits per heavy atom. The highest BCUT2D eigenvalue weighted by Gasteiger charge is 2.55. The van der Waals surface area contributed by atoms with Crippen LogP contribution in [0.15, 0.2) is 54.6 Å². The lowest BCUT2D eigenvalue weighted by Gasteiger charge is -2.23. The Morgan fingerprint density at radius 1 is 1.04 bits per heavy atom. The summed E-state index contributed by atoms with van der Waals surface area (Å²) < 4.78 is 5.02. The molecular formula is C22H22ClNO3.